The monoisotopic (exact) mass is 624 g/mol. The van der Waals surface area contributed by atoms with Gasteiger partial charge in [-0.1, -0.05) is 27.7 Å². The molecule has 0 saturated carbocycles. The van der Waals surface area contributed by atoms with Gasteiger partial charge in [0.2, 0.25) is 0 Å². The molecule has 0 radical (unpaired) electrons. The summed E-state index contributed by atoms with van der Waals surface area (Å²) in [6.45, 7) is 9.13. The number of carboxylic acid groups (broad SMARTS) is 2. The number of rotatable bonds is 6. The van der Waals surface area contributed by atoms with E-state index in [0.717, 1.165) is 0 Å². The summed E-state index contributed by atoms with van der Waals surface area (Å²) in [4.78, 5) is 21.2. The molecule has 1 fully saturated rings. The fourth-order valence-electron chi connectivity index (χ4n) is 1.62. The number of aliphatic hydroxyl groups is 4. The molecule has 1 heterocycles. The van der Waals surface area contributed by atoms with Crippen LogP contribution in [0.15, 0.2) is 0 Å². The molecule has 0 aromatic carbocycles. The van der Waals surface area contributed by atoms with Gasteiger partial charge < -0.3 is 52.8 Å². The first-order valence-electron chi connectivity index (χ1n) is 8.73. The SMILES string of the molecule is CC(C)[NH-].O=C(O)C(F)(COC1O[C@H](CO)[C@@H](O)[C@H](O)[C@H]1O)C(=O)O.[CH2-]C(C)C.[Pt+2]. The number of carbonyl (C=O) groups is 2. The third kappa shape index (κ3) is 12.2. The van der Waals surface area contributed by atoms with E-state index < -0.39 is 61.5 Å². The zero-order chi connectivity index (χ0) is 23.5. The molecule has 0 aromatic rings. The average Bonchev–Trinajstić information content (AvgIpc) is 2.57. The minimum absolute atomic E-state index is 0. The predicted molar refractivity (Wildman–Crippen MR) is 98.5 cm³/mol. The minimum Gasteiger partial charge on any atom is -0.675 e. The standard InChI is InChI=1S/C10H15FO10.C4H9.C3H8N.Pt/c11-10(8(16)17,9(18)19)2-20-7-6(15)5(14)4(13)3(1-12)21-7;1-4(2)3;1-3(2)4;/h3-7,12-15H,1-2H2,(H,16,17)(H,18,19);4H,1H2,2-3H3;3-4H,1-2H3;/q;2*-1;+2/t3-,4-,5+,6-,7?;;;/m1.../s1. The number of carboxylic acids is 2. The van der Waals surface area contributed by atoms with E-state index in [1.807, 2.05) is 13.8 Å². The molecule has 11 nitrogen and oxygen atoms in total. The van der Waals surface area contributed by atoms with Gasteiger partial charge in [0.25, 0.3) is 0 Å². The Balaban J connectivity index is -0.000000692. The summed E-state index contributed by atoms with van der Waals surface area (Å²) in [5.74, 6) is -4.06. The van der Waals surface area contributed by atoms with E-state index in [1.165, 1.54) is 0 Å². The van der Waals surface area contributed by atoms with Crippen molar-refractivity contribution < 1.29 is 75.2 Å². The number of hydrogen-bond acceptors (Lipinski definition) is 8. The van der Waals surface area contributed by atoms with Gasteiger partial charge in [-0.15, -0.1) is 6.04 Å². The van der Waals surface area contributed by atoms with E-state index in [2.05, 4.69) is 25.5 Å². The van der Waals surface area contributed by atoms with Crippen molar-refractivity contribution in [3.8, 4) is 0 Å². The maximum absolute atomic E-state index is 13.6. The van der Waals surface area contributed by atoms with Crippen LogP contribution in [0, 0.1) is 12.8 Å². The van der Waals surface area contributed by atoms with E-state index in [9.17, 15) is 29.3 Å². The number of hydrogen-bond donors (Lipinski definition) is 6. The Hall–Kier alpha value is -0.722. The average molecular weight is 625 g/mol. The van der Waals surface area contributed by atoms with Gasteiger partial charge in [-0.3, -0.25) is 0 Å². The van der Waals surface area contributed by atoms with Crippen LogP contribution in [-0.4, -0.2) is 98.2 Å². The van der Waals surface area contributed by atoms with Crippen molar-refractivity contribution in [2.75, 3.05) is 13.2 Å². The van der Waals surface area contributed by atoms with Gasteiger partial charge in [-0.2, -0.15) is 5.92 Å². The fourth-order valence-corrected chi connectivity index (χ4v) is 1.62. The van der Waals surface area contributed by atoms with Gasteiger partial charge in [0.15, 0.2) is 6.29 Å². The van der Waals surface area contributed by atoms with Crippen LogP contribution in [0.3, 0.4) is 0 Å². The molecule has 1 unspecified atom stereocenters. The molecule has 30 heavy (non-hydrogen) atoms. The molecule has 0 aromatic heterocycles. The quantitative estimate of drug-likeness (QED) is 0.167. The Morgan fingerprint density at radius 1 is 1.10 bits per heavy atom. The number of aliphatic carboxylic acids is 2. The molecule has 13 heteroatoms. The van der Waals surface area contributed by atoms with Crippen molar-refractivity contribution in [3.63, 3.8) is 0 Å². The van der Waals surface area contributed by atoms with Crippen LogP contribution in [0.5, 0.6) is 0 Å². The first-order chi connectivity index (χ1) is 13.1. The van der Waals surface area contributed by atoms with Gasteiger partial charge in [-0.05, 0) is 0 Å². The predicted octanol–water partition coefficient (Wildman–Crippen LogP) is -0.399. The van der Waals surface area contributed by atoms with Crippen LogP contribution < -0.4 is 0 Å². The topological polar surface area (TPSA) is 198 Å². The van der Waals surface area contributed by atoms with Gasteiger partial charge >= 0.3 is 38.7 Å². The molecular weight excluding hydrogens is 592 g/mol. The second kappa shape index (κ2) is 16.0. The molecule has 7 N–H and O–H groups in total. The Labute approximate surface area is 189 Å². The van der Waals surface area contributed by atoms with Gasteiger partial charge in [-0.25, -0.2) is 14.0 Å². The summed E-state index contributed by atoms with van der Waals surface area (Å²) >= 11 is 0. The summed E-state index contributed by atoms with van der Waals surface area (Å²) in [5.41, 5.74) is 2.80. The van der Waals surface area contributed by atoms with Crippen LogP contribution in [0.4, 0.5) is 4.39 Å². The van der Waals surface area contributed by atoms with Crippen LogP contribution in [-0.2, 0) is 40.1 Å². The van der Waals surface area contributed by atoms with E-state index >= 15 is 0 Å². The van der Waals surface area contributed by atoms with Crippen LogP contribution >= 0.6 is 0 Å². The van der Waals surface area contributed by atoms with Crippen molar-refractivity contribution >= 4 is 11.9 Å². The second-order valence-electron chi connectivity index (χ2n) is 6.97. The number of halogens is 1. The third-order valence-corrected chi connectivity index (χ3v) is 2.97. The van der Waals surface area contributed by atoms with Crippen molar-refractivity contribution in [1.82, 2.24) is 0 Å². The number of aliphatic hydroxyl groups excluding tert-OH is 4. The van der Waals surface area contributed by atoms with Crippen molar-refractivity contribution in [2.24, 2.45) is 5.92 Å². The van der Waals surface area contributed by atoms with E-state index in [0.29, 0.717) is 5.92 Å². The Bertz CT molecular complexity index is 470. The van der Waals surface area contributed by atoms with Crippen molar-refractivity contribution in [3.05, 3.63) is 12.7 Å². The van der Waals surface area contributed by atoms with Crippen molar-refractivity contribution in [2.45, 2.75) is 70.1 Å². The van der Waals surface area contributed by atoms with Crippen molar-refractivity contribution in [1.29, 1.82) is 0 Å². The van der Waals surface area contributed by atoms with Crippen LogP contribution in [0.2, 0.25) is 0 Å². The van der Waals surface area contributed by atoms with E-state index in [1.54, 1.807) is 0 Å². The van der Waals surface area contributed by atoms with E-state index in [4.69, 9.17) is 25.8 Å². The summed E-state index contributed by atoms with van der Waals surface area (Å²) in [5, 5.41) is 54.4. The fraction of sp³-hybridized carbons (Fsp3) is 0.824. The number of ether oxygens (including phenoxy) is 2. The first kappa shape index (κ1) is 33.9. The Morgan fingerprint density at radius 3 is 1.77 bits per heavy atom. The molecule has 1 aliphatic rings. The summed E-state index contributed by atoms with van der Waals surface area (Å²) in [6.07, 6.45) is -8.57. The second-order valence-corrected chi connectivity index (χ2v) is 6.97. The molecule has 1 aliphatic heterocycles. The summed E-state index contributed by atoms with van der Waals surface area (Å²) < 4.78 is 23.0. The molecule has 0 spiro atoms. The summed E-state index contributed by atoms with van der Waals surface area (Å²) in [6, 6.07) is 0.0833. The molecule has 0 bridgehead atoms. The maximum atomic E-state index is 13.6. The molecule has 1 saturated heterocycles. The molecule has 5 atom stereocenters. The van der Waals surface area contributed by atoms with E-state index in [-0.39, 0.29) is 27.1 Å². The molecule has 0 amide bonds. The first-order valence-corrected chi connectivity index (χ1v) is 8.73. The zero-order valence-corrected chi connectivity index (χ0v) is 19.4. The zero-order valence-electron chi connectivity index (χ0n) is 17.2. The number of nitrogens with one attached hydrogen (secondary N) is 1. The smallest absolute Gasteiger partial charge is 0.675 e. The minimum atomic E-state index is -3.78. The maximum Gasteiger partial charge on any atom is 2.00 e. The van der Waals surface area contributed by atoms with Crippen LogP contribution in [0.25, 0.3) is 5.73 Å². The van der Waals surface area contributed by atoms with Crippen LogP contribution in [0.1, 0.15) is 27.7 Å². The molecule has 0 aliphatic carbocycles. The number of alkyl halides is 1. The Morgan fingerprint density at radius 2 is 1.47 bits per heavy atom. The molecular formula is C17H32FNO10Pt. The van der Waals surface area contributed by atoms with Gasteiger partial charge in [0.1, 0.15) is 31.0 Å². The summed E-state index contributed by atoms with van der Waals surface area (Å²) in [7, 11) is 0. The Kier molecular flexibility index (Phi) is 18.1. The van der Waals surface area contributed by atoms with Gasteiger partial charge in [0, 0.05) is 0 Å². The van der Waals surface area contributed by atoms with Gasteiger partial charge in [0.05, 0.1) is 6.61 Å². The largest absolute Gasteiger partial charge is 2.00 e. The normalized spacial score (nSPS) is 26.0. The third-order valence-electron chi connectivity index (χ3n) is 2.97. The molecule has 182 valence electrons. The molecule has 1 rings (SSSR count).